The molecule has 1 aliphatic heterocycles. The van der Waals surface area contributed by atoms with Crippen LogP contribution in [0.3, 0.4) is 0 Å². The maximum atomic E-state index is 12.3. The lowest BCUT2D eigenvalue weighted by atomic mass is 10.2. The van der Waals surface area contributed by atoms with Crippen LogP contribution in [0.4, 0.5) is 0 Å². The van der Waals surface area contributed by atoms with E-state index in [1.165, 1.54) is 0 Å². The Morgan fingerprint density at radius 1 is 1.35 bits per heavy atom. The number of benzene rings is 1. The zero-order valence-corrected chi connectivity index (χ0v) is 12.5. The third-order valence-electron chi connectivity index (χ3n) is 3.25. The van der Waals surface area contributed by atoms with Gasteiger partial charge in [0.05, 0.1) is 10.6 Å². The minimum atomic E-state index is -3.27. The molecule has 2 rings (SSSR count). The fraction of sp³-hybridized carbons (Fsp3) is 0.500. The lowest BCUT2D eigenvalue weighted by Gasteiger charge is -2.22. The van der Waals surface area contributed by atoms with Crippen molar-refractivity contribution >= 4 is 15.8 Å². The summed E-state index contributed by atoms with van der Waals surface area (Å²) in [5.41, 5.74) is 0. The van der Waals surface area contributed by atoms with Gasteiger partial charge in [-0.1, -0.05) is 25.1 Å². The quantitative estimate of drug-likeness (QED) is 0.856. The molecule has 0 spiro atoms. The Hall–Kier alpha value is -1.56. The Kier molecular flexibility index (Phi) is 5.00. The van der Waals surface area contributed by atoms with Crippen molar-refractivity contribution in [1.29, 1.82) is 0 Å². The SMILES string of the molecule is CCC(CS(=O)(=O)c1ccccc1)NC1=NCCCN1. The minimum Gasteiger partial charge on any atom is -0.356 e. The summed E-state index contributed by atoms with van der Waals surface area (Å²) in [5, 5.41) is 6.34. The van der Waals surface area contributed by atoms with Crippen LogP contribution in [-0.4, -0.2) is 39.3 Å². The summed E-state index contributed by atoms with van der Waals surface area (Å²) in [7, 11) is -3.27. The molecule has 0 aliphatic carbocycles. The molecule has 0 saturated carbocycles. The minimum absolute atomic E-state index is 0.0776. The first-order chi connectivity index (χ1) is 9.62. The van der Waals surface area contributed by atoms with Gasteiger partial charge in [-0.05, 0) is 25.0 Å². The van der Waals surface area contributed by atoms with Crippen LogP contribution in [0.25, 0.3) is 0 Å². The van der Waals surface area contributed by atoms with Gasteiger partial charge in [0.2, 0.25) is 0 Å². The molecule has 110 valence electrons. The molecule has 20 heavy (non-hydrogen) atoms. The van der Waals surface area contributed by atoms with Crippen LogP contribution in [0, 0.1) is 0 Å². The number of hydrogen-bond acceptors (Lipinski definition) is 5. The van der Waals surface area contributed by atoms with Gasteiger partial charge in [0.15, 0.2) is 15.8 Å². The van der Waals surface area contributed by atoms with Crippen molar-refractivity contribution in [3.8, 4) is 0 Å². The van der Waals surface area contributed by atoms with Gasteiger partial charge in [-0.15, -0.1) is 0 Å². The molecule has 5 nitrogen and oxygen atoms in total. The largest absolute Gasteiger partial charge is 0.356 e. The lowest BCUT2D eigenvalue weighted by molar-refractivity contribution is 0.565. The molecule has 0 fully saturated rings. The molecule has 1 aromatic rings. The maximum absolute atomic E-state index is 12.3. The molecule has 1 heterocycles. The van der Waals surface area contributed by atoms with E-state index in [0.717, 1.165) is 25.9 Å². The monoisotopic (exact) mass is 295 g/mol. The van der Waals surface area contributed by atoms with Crippen molar-refractivity contribution in [3.63, 3.8) is 0 Å². The topological polar surface area (TPSA) is 70.6 Å². The summed E-state index contributed by atoms with van der Waals surface area (Å²) < 4.78 is 24.7. The molecular formula is C14H21N3O2S. The van der Waals surface area contributed by atoms with Crippen molar-refractivity contribution in [2.45, 2.75) is 30.7 Å². The van der Waals surface area contributed by atoms with Gasteiger partial charge < -0.3 is 10.6 Å². The molecule has 0 bridgehead atoms. The van der Waals surface area contributed by atoms with Gasteiger partial charge in [0.1, 0.15) is 0 Å². The average molecular weight is 295 g/mol. The average Bonchev–Trinajstić information content (AvgIpc) is 2.48. The van der Waals surface area contributed by atoms with Crippen LogP contribution in [0.15, 0.2) is 40.2 Å². The normalized spacial score (nSPS) is 16.9. The van der Waals surface area contributed by atoms with E-state index in [4.69, 9.17) is 0 Å². The van der Waals surface area contributed by atoms with E-state index in [1.54, 1.807) is 24.3 Å². The third-order valence-corrected chi connectivity index (χ3v) is 5.09. The number of sulfone groups is 1. The predicted molar refractivity (Wildman–Crippen MR) is 80.6 cm³/mol. The summed E-state index contributed by atoms with van der Waals surface area (Å²) in [5.74, 6) is 0.792. The zero-order valence-electron chi connectivity index (χ0n) is 11.7. The number of aliphatic imine (C=N–C) groups is 1. The highest BCUT2D eigenvalue weighted by Gasteiger charge is 2.21. The predicted octanol–water partition coefficient (Wildman–Crippen LogP) is 1.18. The van der Waals surface area contributed by atoms with E-state index < -0.39 is 9.84 Å². The zero-order chi connectivity index (χ0) is 14.4. The van der Waals surface area contributed by atoms with Crippen LogP contribution in [-0.2, 0) is 9.84 Å². The first kappa shape index (κ1) is 14.8. The third kappa shape index (κ3) is 3.96. The molecular weight excluding hydrogens is 274 g/mol. The molecule has 0 amide bonds. The molecule has 1 aliphatic rings. The van der Waals surface area contributed by atoms with Crippen LogP contribution < -0.4 is 10.6 Å². The Morgan fingerprint density at radius 2 is 2.10 bits per heavy atom. The van der Waals surface area contributed by atoms with E-state index in [1.807, 2.05) is 13.0 Å². The number of nitrogens with one attached hydrogen (secondary N) is 2. The van der Waals surface area contributed by atoms with Gasteiger partial charge in [-0.25, -0.2) is 8.42 Å². The maximum Gasteiger partial charge on any atom is 0.191 e. The van der Waals surface area contributed by atoms with E-state index >= 15 is 0 Å². The molecule has 1 atom stereocenters. The number of guanidine groups is 1. The Bertz CT molecular complexity index is 555. The molecule has 1 aromatic carbocycles. The van der Waals surface area contributed by atoms with Crippen LogP contribution >= 0.6 is 0 Å². The summed E-state index contributed by atoms with van der Waals surface area (Å²) in [6.07, 6.45) is 1.75. The van der Waals surface area contributed by atoms with Crippen molar-refractivity contribution < 1.29 is 8.42 Å². The summed E-state index contributed by atoms with van der Waals surface area (Å²) in [6.45, 7) is 3.65. The second-order valence-corrected chi connectivity index (χ2v) is 6.89. The second kappa shape index (κ2) is 6.74. The Morgan fingerprint density at radius 3 is 2.70 bits per heavy atom. The summed E-state index contributed by atoms with van der Waals surface area (Å²) in [4.78, 5) is 4.69. The van der Waals surface area contributed by atoms with E-state index in [0.29, 0.717) is 10.9 Å². The molecule has 0 saturated heterocycles. The van der Waals surface area contributed by atoms with Crippen LogP contribution in [0.2, 0.25) is 0 Å². The van der Waals surface area contributed by atoms with E-state index in [2.05, 4.69) is 15.6 Å². The highest BCUT2D eigenvalue weighted by atomic mass is 32.2. The summed E-state index contributed by atoms with van der Waals surface area (Å²) in [6, 6.07) is 8.44. The lowest BCUT2D eigenvalue weighted by Crippen LogP contribution is -2.47. The number of rotatable bonds is 5. The van der Waals surface area contributed by atoms with Crippen molar-refractivity contribution in [1.82, 2.24) is 10.6 Å². The fourth-order valence-corrected chi connectivity index (χ4v) is 3.69. The highest BCUT2D eigenvalue weighted by Crippen LogP contribution is 2.12. The van der Waals surface area contributed by atoms with Gasteiger partial charge in [0, 0.05) is 19.1 Å². The fourth-order valence-electron chi connectivity index (χ4n) is 2.07. The van der Waals surface area contributed by atoms with Crippen molar-refractivity contribution in [3.05, 3.63) is 30.3 Å². The van der Waals surface area contributed by atoms with Gasteiger partial charge in [-0.3, -0.25) is 4.99 Å². The van der Waals surface area contributed by atoms with E-state index in [9.17, 15) is 8.42 Å². The van der Waals surface area contributed by atoms with Crippen molar-refractivity contribution in [2.75, 3.05) is 18.8 Å². The summed E-state index contributed by atoms with van der Waals surface area (Å²) >= 11 is 0. The number of nitrogens with zero attached hydrogens (tertiary/aromatic N) is 1. The molecule has 0 aromatic heterocycles. The van der Waals surface area contributed by atoms with E-state index in [-0.39, 0.29) is 11.8 Å². The molecule has 6 heteroatoms. The van der Waals surface area contributed by atoms with Crippen molar-refractivity contribution in [2.24, 2.45) is 4.99 Å². The molecule has 2 N–H and O–H groups in total. The Labute approximate surface area is 120 Å². The van der Waals surface area contributed by atoms with Crippen LogP contribution in [0.1, 0.15) is 19.8 Å². The smallest absolute Gasteiger partial charge is 0.191 e. The molecule has 1 unspecified atom stereocenters. The van der Waals surface area contributed by atoms with Gasteiger partial charge in [-0.2, -0.15) is 0 Å². The Balaban J connectivity index is 2.04. The highest BCUT2D eigenvalue weighted by molar-refractivity contribution is 7.91. The standard InChI is InChI=1S/C14H21N3O2S/c1-2-12(17-14-15-9-6-10-16-14)11-20(18,19)13-7-4-3-5-8-13/h3-5,7-8,12H,2,6,9-11H2,1H3,(H2,15,16,17). The first-order valence-corrected chi connectivity index (χ1v) is 8.59. The van der Waals surface area contributed by atoms with Crippen LogP contribution in [0.5, 0.6) is 0 Å². The first-order valence-electron chi connectivity index (χ1n) is 6.94. The molecule has 0 radical (unpaired) electrons. The van der Waals surface area contributed by atoms with Gasteiger partial charge >= 0.3 is 0 Å². The number of hydrogen-bond donors (Lipinski definition) is 2. The van der Waals surface area contributed by atoms with Gasteiger partial charge in [0.25, 0.3) is 0 Å². The second-order valence-electron chi connectivity index (χ2n) is 4.85.